The van der Waals surface area contributed by atoms with Crippen LogP contribution in [0.1, 0.15) is 10.4 Å². The van der Waals surface area contributed by atoms with E-state index in [0.29, 0.717) is 5.56 Å². The van der Waals surface area contributed by atoms with Crippen LogP contribution in [0, 0.1) is 0 Å². The van der Waals surface area contributed by atoms with Crippen molar-refractivity contribution in [3.8, 4) is 0 Å². The second kappa shape index (κ2) is 5.88. The molecule has 90 valence electrons. The molecule has 0 saturated heterocycles. The summed E-state index contributed by atoms with van der Waals surface area (Å²) in [6, 6.07) is 12.8. The van der Waals surface area contributed by atoms with Crippen LogP contribution in [0.5, 0.6) is 0 Å². The number of aromatic nitrogens is 1. The van der Waals surface area contributed by atoms with Gasteiger partial charge in [-0.25, -0.2) is 0 Å². The highest BCUT2D eigenvalue weighted by Crippen LogP contribution is 2.04. The first kappa shape index (κ1) is 12.2. The van der Waals surface area contributed by atoms with Crippen molar-refractivity contribution >= 4 is 28.9 Å². The maximum absolute atomic E-state index is 11.8. The van der Waals surface area contributed by atoms with E-state index in [-0.39, 0.29) is 11.0 Å². The minimum absolute atomic E-state index is 0.259. The Morgan fingerprint density at radius 3 is 2.56 bits per heavy atom. The maximum Gasteiger partial charge on any atom is 0.258 e. The number of nitrogens with zero attached hydrogens (tertiary/aromatic N) is 1. The smallest absolute Gasteiger partial charge is 0.258 e. The van der Waals surface area contributed by atoms with E-state index in [1.807, 2.05) is 30.3 Å². The van der Waals surface area contributed by atoms with Crippen LogP contribution in [0.15, 0.2) is 54.9 Å². The van der Waals surface area contributed by atoms with Crippen LogP contribution in [0.3, 0.4) is 0 Å². The molecule has 1 heterocycles. The predicted molar refractivity (Wildman–Crippen MR) is 74.4 cm³/mol. The largest absolute Gasteiger partial charge is 0.332 e. The molecule has 1 amide bonds. The average molecular weight is 257 g/mol. The second-order valence-electron chi connectivity index (χ2n) is 3.52. The Morgan fingerprint density at radius 1 is 1.11 bits per heavy atom. The minimum atomic E-state index is -0.281. The number of rotatable bonds is 2. The van der Waals surface area contributed by atoms with Crippen LogP contribution in [0.25, 0.3) is 0 Å². The molecule has 0 spiro atoms. The van der Waals surface area contributed by atoms with Crippen LogP contribution < -0.4 is 10.6 Å². The number of amides is 1. The van der Waals surface area contributed by atoms with Gasteiger partial charge >= 0.3 is 0 Å². The molecule has 1 aromatic heterocycles. The van der Waals surface area contributed by atoms with Gasteiger partial charge in [0, 0.05) is 18.1 Å². The first-order valence-electron chi connectivity index (χ1n) is 5.33. The van der Waals surface area contributed by atoms with Crippen LogP contribution in [0.4, 0.5) is 5.69 Å². The summed E-state index contributed by atoms with van der Waals surface area (Å²) in [5, 5.41) is 5.77. The number of carbonyl (C=O) groups excluding carboxylic acids is 1. The van der Waals surface area contributed by atoms with Gasteiger partial charge in [0.25, 0.3) is 5.91 Å². The molecule has 0 aliphatic heterocycles. The summed E-state index contributed by atoms with van der Waals surface area (Å²) in [7, 11) is 0. The summed E-state index contributed by atoms with van der Waals surface area (Å²) in [5.74, 6) is -0.281. The zero-order valence-electron chi connectivity index (χ0n) is 9.46. The number of hydrogen-bond acceptors (Lipinski definition) is 3. The van der Waals surface area contributed by atoms with Gasteiger partial charge in [-0.05, 0) is 36.5 Å². The summed E-state index contributed by atoms with van der Waals surface area (Å²) in [6.45, 7) is 0. The lowest BCUT2D eigenvalue weighted by atomic mass is 10.3. The van der Waals surface area contributed by atoms with E-state index in [4.69, 9.17) is 12.2 Å². The van der Waals surface area contributed by atoms with Crippen molar-refractivity contribution in [3.05, 3.63) is 60.4 Å². The third-order valence-corrected chi connectivity index (χ3v) is 2.39. The van der Waals surface area contributed by atoms with Crippen molar-refractivity contribution < 1.29 is 4.79 Å². The molecule has 0 unspecified atom stereocenters. The van der Waals surface area contributed by atoms with Crippen molar-refractivity contribution in [2.75, 3.05) is 5.32 Å². The van der Waals surface area contributed by atoms with E-state index in [2.05, 4.69) is 15.6 Å². The summed E-state index contributed by atoms with van der Waals surface area (Å²) >= 11 is 5.05. The Morgan fingerprint density at radius 2 is 1.89 bits per heavy atom. The topological polar surface area (TPSA) is 54.0 Å². The highest BCUT2D eigenvalue weighted by molar-refractivity contribution is 7.80. The Hall–Kier alpha value is -2.27. The molecule has 0 bridgehead atoms. The van der Waals surface area contributed by atoms with Gasteiger partial charge in [-0.2, -0.15) is 0 Å². The van der Waals surface area contributed by atoms with Crippen LogP contribution in [-0.2, 0) is 0 Å². The molecule has 0 radical (unpaired) electrons. The summed E-state index contributed by atoms with van der Waals surface area (Å²) in [6.07, 6.45) is 3.10. The molecule has 5 heteroatoms. The van der Waals surface area contributed by atoms with Gasteiger partial charge in [0.2, 0.25) is 0 Å². The molecule has 1 aromatic carbocycles. The zero-order chi connectivity index (χ0) is 12.8. The van der Waals surface area contributed by atoms with Crippen LogP contribution >= 0.6 is 12.2 Å². The van der Waals surface area contributed by atoms with Crippen molar-refractivity contribution in [2.24, 2.45) is 0 Å². The maximum atomic E-state index is 11.8. The Labute approximate surface area is 110 Å². The lowest BCUT2D eigenvalue weighted by Crippen LogP contribution is -2.34. The highest BCUT2D eigenvalue weighted by atomic mass is 32.1. The number of pyridine rings is 1. The number of hydrogen-bond donors (Lipinski definition) is 2. The van der Waals surface area contributed by atoms with E-state index in [9.17, 15) is 4.79 Å². The summed E-state index contributed by atoms with van der Waals surface area (Å²) in [5.41, 5.74) is 1.30. The summed E-state index contributed by atoms with van der Waals surface area (Å²) in [4.78, 5) is 15.6. The van der Waals surface area contributed by atoms with Crippen molar-refractivity contribution in [3.63, 3.8) is 0 Å². The average Bonchev–Trinajstić information content (AvgIpc) is 2.40. The highest BCUT2D eigenvalue weighted by Gasteiger charge is 2.07. The Balaban J connectivity index is 1.94. The Bertz CT molecular complexity index is 543. The molecular formula is C13H11N3OS. The van der Waals surface area contributed by atoms with Gasteiger partial charge in [-0.15, -0.1) is 0 Å². The van der Waals surface area contributed by atoms with Crippen molar-refractivity contribution in [1.29, 1.82) is 0 Å². The second-order valence-corrected chi connectivity index (χ2v) is 3.92. The molecule has 2 rings (SSSR count). The number of carbonyl (C=O) groups is 1. The van der Waals surface area contributed by atoms with Crippen LogP contribution in [0.2, 0.25) is 0 Å². The number of nitrogens with one attached hydrogen (secondary N) is 2. The molecule has 0 saturated carbocycles. The molecule has 0 fully saturated rings. The van der Waals surface area contributed by atoms with E-state index in [1.54, 1.807) is 18.3 Å². The van der Waals surface area contributed by atoms with E-state index in [1.165, 1.54) is 6.20 Å². The van der Waals surface area contributed by atoms with E-state index < -0.39 is 0 Å². The minimum Gasteiger partial charge on any atom is -0.332 e. The fourth-order valence-electron chi connectivity index (χ4n) is 1.36. The molecule has 0 atom stereocenters. The molecule has 4 nitrogen and oxygen atoms in total. The van der Waals surface area contributed by atoms with Crippen LogP contribution in [-0.4, -0.2) is 16.0 Å². The van der Waals surface area contributed by atoms with E-state index in [0.717, 1.165) is 5.69 Å². The number of anilines is 1. The SMILES string of the molecule is O=C(NC(=S)Nc1ccccc1)c1cccnc1. The van der Waals surface area contributed by atoms with Gasteiger partial charge in [-0.3, -0.25) is 15.1 Å². The lowest BCUT2D eigenvalue weighted by Gasteiger charge is -2.08. The molecule has 2 aromatic rings. The first-order valence-corrected chi connectivity index (χ1v) is 5.74. The molecular weight excluding hydrogens is 246 g/mol. The number of thiocarbonyl (C=S) groups is 1. The number of benzene rings is 1. The van der Waals surface area contributed by atoms with E-state index >= 15 is 0 Å². The fraction of sp³-hybridized carbons (Fsp3) is 0. The predicted octanol–water partition coefficient (Wildman–Crippen LogP) is 2.21. The standard InChI is InChI=1S/C13H11N3OS/c17-12(10-5-4-8-14-9-10)16-13(18)15-11-6-2-1-3-7-11/h1-9H,(H2,15,16,17,18). The van der Waals surface area contributed by atoms with Gasteiger partial charge in [0.05, 0.1) is 5.56 Å². The monoisotopic (exact) mass is 257 g/mol. The third-order valence-electron chi connectivity index (χ3n) is 2.18. The molecule has 18 heavy (non-hydrogen) atoms. The summed E-state index contributed by atoms with van der Waals surface area (Å²) < 4.78 is 0. The molecule has 0 aliphatic rings. The fourth-order valence-corrected chi connectivity index (χ4v) is 1.57. The van der Waals surface area contributed by atoms with Gasteiger partial charge < -0.3 is 5.32 Å². The molecule has 0 aliphatic carbocycles. The first-order chi connectivity index (χ1) is 8.75. The lowest BCUT2D eigenvalue weighted by molar-refractivity contribution is 0.0977. The van der Waals surface area contributed by atoms with Crippen molar-refractivity contribution in [1.82, 2.24) is 10.3 Å². The quantitative estimate of drug-likeness (QED) is 0.810. The molecule has 2 N–H and O–H groups in total. The number of para-hydroxylation sites is 1. The van der Waals surface area contributed by atoms with Gasteiger partial charge in [0.15, 0.2) is 5.11 Å². The van der Waals surface area contributed by atoms with Crippen molar-refractivity contribution in [2.45, 2.75) is 0 Å². The van der Waals surface area contributed by atoms with Gasteiger partial charge in [0.1, 0.15) is 0 Å². The Kier molecular flexibility index (Phi) is 3.98. The van der Waals surface area contributed by atoms with Gasteiger partial charge in [-0.1, -0.05) is 18.2 Å². The zero-order valence-corrected chi connectivity index (χ0v) is 10.3. The normalized spacial score (nSPS) is 9.56. The third kappa shape index (κ3) is 3.36.